The van der Waals surface area contributed by atoms with Crippen molar-refractivity contribution in [3.63, 3.8) is 0 Å². The normalized spacial score (nSPS) is 31.4. The van der Waals surface area contributed by atoms with E-state index in [1.54, 1.807) is 0 Å². The number of amides is 1. The molecule has 0 aromatic carbocycles. The molecular formula is C7H13NO3. The van der Waals surface area contributed by atoms with Crippen LogP contribution in [0.15, 0.2) is 0 Å². The van der Waals surface area contributed by atoms with E-state index in [-0.39, 0.29) is 12.1 Å². The summed E-state index contributed by atoms with van der Waals surface area (Å²) in [6.07, 6.45) is 1.75. The van der Waals surface area contributed by atoms with Crippen LogP contribution in [0.2, 0.25) is 0 Å². The predicted molar refractivity (Wildman–Crippen MR) is 39.4 cm³/mol. The number of nitrogens with one attached hydrogen (secondary N) is 1. The minimum absolute atomic E-state index is 0.0518. The Morgan fingerprint density at radius 1 is 1.27 bits per heavy atom. The highest BCUT2D eigenvalue weighted by molar-refractivity contribution is 5.64. The third-order valence-electron chi connectivity index (χ3n) is 2.02. The first kappa shape index (κ1) is 8.33. The summed E-state index contributed by atoms with van der Waals surface area (Å²) in [5.41, 5.74) is 0. The molecule has 0 aromatic heterocycles. The van der Waals surface area contributed by atoms with Crippen LogP contribution in [0.4, 0.5) is 4.79 Å². The number of carbonyl (C=O) groups is 1. The summed E-state index contributed by atoms with van der Waals surface area (Å²) >= 11 is 0. The zero-order valence-electron chi connectivity index (χ0n) is 6.29. The number of hydrogen-bond donors (Lipinski definition) is 3. The zero-order valence-corrected chi connectivity index (χ0v) is 6.29. The SMILES string of the molecule is O=C(O)N[C@H]1CC[C@H](O)CC1. The van der Waals surface area contributed by atoms with E-state index in [1.807, 2.05) is 0 Å². The number of aliphatic hydroxyl groups excluding tert-OH is 1. The Hall–Kier alpha value is -0.770. The highest BCUT2D eigenvalue weighted by Crippen LogP contribution is 2.17. The van der Waals surface area contributed by atoms with E-state index in [1.165, 1.54) is 0 Å². The van der Waals surface area contributed by atoms with Crippen molar-refractivity contribution in [2.75, 3.05) is 0 Å². The van der Waals surface area contributed by atoms with Crippen LogP contribution in [0, 0.1) is 0 Å². The van der Waals surface area contributed by atoms with Gasteiger partial charge in [0.15, 0.2) is 0 Å². The fourth-order valence-corrected chi connectivity index (χ4v) is 1.39. The lowest BCUT2D eigenvalue weighted by Gasteiger charge is -2.24. The van der Waals surface area contributed by atoms with Crippen LogP contribution >= 0.6 is 0 Å². The maximum absolute atomic E-state index is 10.2. The van der Waals surface area contributed by atoms with E-state index in [2.05, 4.69) is 5.32 Å². The van der Waals surface area contributed by atoms with Crippen LogP contribution in [0.25, 0.3) is 0 Å². The van der Waals surface area contributed by atoms with Gasteiger partial charge in [0.25, 0.3) is 0 Å². The molecule has 4 nitrogen and oxygen atoms in total. The lowest BCUT2D eigenvalue weighted by atomic mass is 9.93. The van der Waals surface area contributed by atoms with E-state index in [9.17, 15) is 4.79 Å². The Kier molecular flexibility index (Phi) is 2.70. The zero-order chi connectivity index (χ0) is 8.27. The van der Waals surface area contributed by atoms with Gasteiger partial charge in [-0.3, -0.25) is 0 Å². The van der Waals surface area contributed by atoms with Crippen molar-refractivity contribution in [1.29, 1.82) is 0 Å². The lowest BCUT2D eigenvalue weighted by Crippen LogP contribution is -2.37. The molecule has 0 aliphatic heterocycles. The maximum atomic E-state index is 10.2. The summed E-state index contributed by atoms with van der Waals surface area (Å²) in [6, 6.07) is 0.0518. The first-order valence-corrected chi connectivity index (χ1v) is 3.86. The van der Waals surface area contributed by atoms with Gasteiger partial charge in [-0.25, -0.2) is 4.79 Å². The number of rotatable bonds is 1. The summed E-state index contributed by atoms with van der Waals surface area (Å²) < 4.78 is 0. The number of carboxylic acid groups (broad SMARTS) is 1. The van der Waals surface area contributed by atoms with Crippen molar-refractivity contribution >= 4 is 6.09 Å². The fourth-order valence-electron chi connectivity index (χ4n) is 1.39. The van der Waals surface area contributed by atoms with Crippen LogP contribution in [0.1, 0.15) is 25.7 Å². The average Bonchev–Trinajstić information content (AvgIpc) is 1.93. The molecule has 0 bridgehead atoms. The summed E-state index contributed by atoms with van der Waals surface area (Å²) in [5, 5.41) is 19.9. The minimum Gasteiger partial charge on any atom is -0.465 e. The molecule has 0 atom stereocenters. The summed E-state index contributed by atoms with van der Waals surface area (Å²) in [7, 11) is 0. The standard InChI is InChI=1S/C7H13NO3/c9-6-3-1-5(2-4-6)8-7(10)11/h5-6,8-9H,1-4H2,(H,10,11)/t5-,6-. The van der Waals surface area contributed by atoms with Gasteiger partial charge in [0.2, 0.25) is 0 Å². The van der Waals surface area contributed by atoms with Crippen LogP contribution in [-0.4, -0.2) is 28.5 Å². The van der Waals surface area contributed by atoms with Crippen molar-refractivity contribution in [2.45, 2.75) is 37.8 Å². The second-order valence-corrected chi connectivity index (χ2v) is 2.95. The van der Waals surface area contributed by atoms with Gasteiger partial charge >= 0.3 is 6.09 Å². The average molecular weight is 159 g/mol. The number of aliphatic hydroxyl groups is 1. The monoisotopic (exact) mass is 159 g/mol. The highest BCUT2D eigenvalue weighted by Gasteiger charge is 2.19. The van der Waals surface area contributed by atoms with Crippen molar-refractivity contribution in [3.05, 3.63) is 0 Å². The summed E-state index contributed by atoms with van der Waals surface area (Å²) in [5.74, 6) is 0. The highest BCUT2D eigenvalue weighted by atomic mass is 16.4. The van der Waals surface area contributed by atoms with Crippen LogP contribution < -0.4 is 5.32 Å². The molecule has 0 unspecified atom stereocenters. The van der Waals surface area contributed by atoms with Crippen molar-refractivity contribution in [2.24, 2.45) is 0 Å². The molecule has 1 fully saturated rings. The molecule has 3 N–H and O–H groups in total. The molecule has 1 rings (SSSR count). The van der Waals surface area contributed by atoms with Gasteiger partial charge in [0.1, 0.15) is 0 Å². The molecule has 0 heterocycles. The topological polar surface area (TPSA) is 69.6 Å². The molecule has 0 saturated heterocycles. The van der Waals surface area contributed by atoms with Gasteiger partial charge in [-0.05, 0) is 25.7 Å². The quantitative estimate of drug-likeness (QED) is 0.523. The summed E-state index contributed by atoms with van der Waals surface area (Å²) in [4.78, 5) is 10.2. The molecule has 0 spiro atoms. The second-order valence-electron chi connectivity index (χ2n) is 2.95. The van der Waals surface area contributed by atoms with Gasteiger partial charge in [0.05, 0.1) is 6.10 Å². The molecule has 1 saturated carbocycles. The molecule has 0 aromatic rings. The lowest BCUT2D eigenvalue weighted by molar-refractivity contribution is 0.114. The van der Waals surface area contributed by atoms with E-state index < -0.39 is 6.09 Å². The molecule has 1 aliphatic rings. The first-order valence-electron chi connectivity index (χ1n) is 3.86. The van der Waals surface area contributed by atoms with E-state index in [0.29, 0.717) is 12.8 Å². The molecule has 0 radical (unpaired) electrons. The van der Waals surface area contributed by atoms with E-state index in [0.717, 1.165) is 12.8 Å². The van der Waals surface area contributed by atoms with Crippen molar-refractivity contribution < 1.29 is 15.0 Å². The van der Waals surface area contributed by atoms with Crippen molar-refractivity contribution in [3.8, 4) is 0 Å². The Morgan fingerprint density at radius 2 is 1.82 bits per heavy atom. The maximum Gasteiger partial charge on any atom is 0.404 e. The third-order valence-corrected chi connectivity index (χ3v) is 2.02. The Morgan fingerprint density at radius 3 is 2.27 bits per heavy atom. The van der Waals surface area contributed by atoms with Crippen LogP contribution in [0.5, 0.6) is 0 Å². The van der Waals surface area contributed by atoms with E-state index >= 15 is 0 Å². The molecular weight excluding hydrogens is 146 g/mol. The molecule has 1 amide bonds. The van der Waals surface area contributed by atoms with Gasteiger partial charge < -0.3 is 15.5 Å². The Balaban J connectivity index is 2.22. The Labute approximate surface area is 65.2 Å². The molecule has 1 aliphatic carbocycles. The van der Waals surface area contributed by atoms with Crippen LogP contribution in [-0.2, 0) is 0 Å². The predicted octanol–water partition coefficient (Wildman–Crippen LogP) is 0.557. The fraction of sp³-hybridized carbons (Fsp3) is 0.857. The van der Waals surface area contributed by atoms with E-state index in [4.69, 9.17) is 10.2 Å². The summed E-state index contributed by atoms with van der Waals surface area (Å²) in [6.45, 7) is 0. The largest absolute Gasteiger partial charge is 0.465 e. The van der Waals surface area contributed by atoms with Gasteiger partial charge in [-0.2, -0.15) is 0 Å². The molecule has 11 heavy (non-hydrogen) atoms. The second kappa shape index (κ2) is 3.57. The minimum atomic E-state index is -0.966. The van der Waals surface area contributed by atoms with Gasteiger partial charge in [-0.15, -0.1) is 0 Å². The molecule has 64 valence electrons. The third kappa shape index (κ3) is 2.76. The van der Waals surface area contributed by atoms with Crippen LogP contribution in [0.3, 0.4) is 0 Å². The smallest absolute Gasteiger partial charge is 0.404 e. The first-order chi connectivity index (χ1) is 5.18. The van der Waals surface area contributed by atoms with Crippen molar-refractivity contribution in [1.82, 2.24) is 5.32 Å². The number of hydrogen-bond acceptors (Lipinski definition) is 2. The van der Waals surface area contributed by atoms with Gasteiger partial charge in [0, 0.05) is 6.04 Å². The molecule has 4 heteroatoms. The Bertz CT molecular complexity index is 141. The van der Waals surface area contributed by atoms with Gasteiger partial charge in [-0.1, -0.05) is 0 Å².